The molecular weight excluding hydrogens is 559 g/mol. The smallest absolute Gasteiger partial charge is 0.416 e. The highest BCUT2D eigenvalue weighted by Crippen LogP contribution is 2.33. The average molecular weight is 592 g/mol. The second-order valence-electron chi connectivity index (χ2n) is 9.31. The van der Waals surface area contributed by atoms with Crippen LogP contribution in [0.1, 0.15) is 30.5 Å². The lowest BCUT2D eigenvalue weighted by atomic mass is 10.1. The Labute approximate surface area is 237 Å². The molecular formula is C29H32F3N3O5S. The highest BCUT2D eigenvalue weighted by molar-refractivity contribution is 7.92. The number of hydrogen-bond donors (Lipinski definition) is 1. The third kappa shape index (κ3) is 7.78. The molecule has 2 amide bonds. The highest BCUT2D eigenvalue weighted by atomic mass is 32.2. The van der Waals surface area contributed by atoms with Gasteiger partial charge in [0.1, 0.15) is 18.3 Å². The molecule has 3 aromatic carbocycles. The molecule has 0 aliphatic carbocycles. The molecule has 0 saturated carbocycles. The van der Waals surface area contributed by atoms with E-state index < -0.39 is 46.2 Å². The fourth-order valence-corrected chi connectivity index (χ4v) is 5.44. The number of amides is 2. The number of methoxy groups -OCH3 is 1. The molecule has 0 spiro atoms. The summed E-state index contributed by atoms with van der Waals surface area (Å²) >= 11 is 0. The number of alkyl halides is 3. The van der Waals surface area contributed by atoms with Crippen molar-refractivity contribution in [2.24, 2.45) is 0 Å². The molecule has 1 N–H and O–H groups in total. The minimum atomic E-state index is -4.74. The van der Waals surface area contributed by atoms with Crippen molar-refractivity contribution in [1.82, 2.24) is 10.2 Å². The molecule has 0 heterocycles. The predicted molar refractivity (Wildman–Crippen MR) is 149 cm³/mol. The van der Waals surface area contributed by atoms with Crippen LogP contribution in [-0.4, -0.2) is 51.4 Å². The zero-order valence-electron chi connectivity index (χ0n) is 23.1. The van der Waals surface area contributed by atoms with Crippen LogP contribution in [0, 0.1) is 6.92 Å². The Kier molecular flexibility index (Phi) is 10.0. The second-order valence-corrected chi connectivity index (χ2v) is 11.2. The lowest BCUT2D eigenvalue weighted by molar-refractivity contribution is -0.139. The van der Waals surface area contributed by atoms with Crippen molar-refractivity contribution in [2.75, 3.05) is 24.5 Å². The molecule has 8 nitrogen and oxygen atoms in total. The number of carbonyl (C=O) groups excluding carboxylic acids is 2. The Morgan fingerprint density at radius 3 is 2.20 bits per heavy atom. The molecule has 12 heteroatoms. The van der Waals surface area contributed by atoms with Gasteiger partial charge in [0.05, 0.1) is 23.3 Å². The van der Waals surface area contributed by atoms with Crippen molar-refractivity contribution in [3.63, 3.8) is 0 Å². The summed E-state index contributed by atoms with van der Waals surface area (Å²) in [6.45, 7) is 4.34. The van der Waals surface area contributed by atoms with Gasteiger partial charge in [-0.3, -0.25) is 13.9 Å². The van der Waals surface area contributed by atoms with Crippen LogP contribution in [0.3, 0.4) is 0 Å². The van der Waals surface area contributed by atoms with Gasteiger partial charge in [0.2, 0.25) is 11.8 Å². The third-order valence-corrected chi connectivity index (χ3v) is 8.17. The molecule has 0 saturated heterocycles. The Hall–Kier alpha value is -4.06. The fraction of sp³-hybridized carbons (Fsp3) is 0.310. The van der Waals surface area contributed by atoms with E-state index in [-0.39, 0.29) is 17.1 Å². The van der Waals surface area contributed by atoms with Gasteiger partial charge in [0.15, 0.2) is 0 Å². The van der Waals surface area contributed by atoms with Crippen molar-refractivity contribution < 1.29 is 35.9 Å². The number of hydrogen-bond acceptors (Lipinski definition) is 5. The van der Waals surface area contributed by atoms with E-state index in [0.717, 1.165) is 17.7 Å². The van der Waals surface area contributed by atoms with Crippen molar-refractivity contribution in [1.29, 1.82) is 0 Å². The maximum Gasteiger partial charge on any atom is 0.416 e. The summed E-state index contributed by atoms with van der Waals surface area (Å²) in [6, 6.07) is 15.2. The monoisotopic (exact) mass is 591 g/mol. The summed E-state index contributed by atoms with van der Waals surface area (Å²) in [6.07, 6.45) is -4.74. The zero-order chi connectivity index (χ0) is 30.4. The summed E-state index contributed by atoms with van der Waals surface area (Å²) in [5, 5.41) is 2.65. The maximum atomic E-state index is 13.8. The van der Waals surface area contributed by atoms with Gasteiger partial charge in [-0.15, -0.1) is 0 Å². The molecule has 0 radical (unpaired) electrons. The van der Waals surface area contributed by atoms with Crippen LogP contribution < -0.4 is 14.4 Å². The Bertz CT molecular complexity index is 1460. The molecule has 0 fully saturated rings. The standard InChI is InChI=1S/C29H32F3N3O5S/c1-5-33-28(37)21(3)34(18-22-11-13-25(40-4)14-12-22)27(36)19-35(24-8-6-7-23(17-24)29(30,31)32)41(38,39)26-15-9-20(2)10-16-26/h6-17,21H,5,18-19H2,1-4H3,(H,33,37)/t21-/m0/s1. The van der Waals surface area contributed by atoms with Gasteiger partial charge >= 0.3 is 6.18 Å². The average Bonchev–Trinajstić information content (AvgIpc) is 2.94. The van der Waals surface area contributed by atoms with Crippen LogP contribution >= 0.6 is 0 Å². The molecule has 0 aliphatic rings. The summed E-state index contributed by atoms with van der Waals surface area (Å²) in [5.41, 5.74) is -0.0180. The van der Waals surface area contributed by atoms with Crippen LogP contribution in [0.5, 0.6) is 5.75 Å². The zero-order valence-corrected chi connectivity index (χ0v) is 23.9. The first-order chi connectivity index (χ1) is 19.3. The van der Waals surface area contributed by atoms with E-state index in [1.54, 1.807) is 50.2 Å². The normalized spacial score (nSPS) is 12.4. The van der Waals surface area contributed by atoms with E-state index >= 15 is 0 Å². The minimum Gasteiger partial charge on any atom is -0.497 e. The molecule has 0 bridgehead atoms. The van der Waals surface area contributed by atoms with Crippen molar-refractivity contribution >= 4 is 27.5 Å². The molecule has 0 aromatic heterocycles. The molecule has 0 unspecified atom stereocenters. The van der Waals surface area contributed by atoms with Crippen molar-refractivity contribution in [2.45, 2.75) is 44.4 Å². The minimum absolute atomic E-state index is 0.0673. The number of benzene rings is 3. The van der Waals surface area contributed by atoms with Gasteiger partial charge in [-0.25, -0.2) is 8.42 Å². The number of ether oxygens (including phenoxy) is 1. The van der Waals surface area contributed by atoms with E-state index in [1.807, 2.05) is 0 Å². The maximum absolute atomic E-state index is 13.8. The van der Waals surface area contributed by atoms with Gasteiger partial charge in [-0.1, -0.05) is 35.9 Å². The molecule has 41 heavy (non-hydrogen) atoms. The largest absolute Gasteiger partial charge is 0.497 e. The number of carbonyl (C=O) groups is 2. The lowest BCUT2D eigenvalue weighted by Crippen LogP contribution is -2.51. The molecule has 220 valence electrons. The number of sulfonamides is 1. The summed E-state index contributed by atoms with van der Waals surface area (Å²) in [5.74, 6) is -0.683. The van der Waals surface area contributed by atoms with E-state index in [4.69, 9.17) is 4.74 Å². The van der Waals surface area contributed by atoms with Gasteiger partial charge in [-0.05, 0) is 68.8 Å². The molecule has 3 aromatic rings. The van der Waals surface area contributed by atoms with Crippen molar-refractivity contribution in [3.05, 3.63) is 89.5 Å². The first-order valence-corrected chi connectivity index (χ1v) is 14.2. The summed E-state index contributed by atoms with van der Waals surface area (Å²) < 4.78 is 74.0. The Balaban J connectivity index is 2.08. The van der Waals surface area contributed by atoms with Crippen LogP contribution in [-0.2, 0) is 32.3 Å². The Morgan fingerprint density at radius 1 is 1.00 bits per heavy atom. The first-order valence-electron chi connectivity index (χ1n) is 12.7. The van der Waals surface area contributed by atoms with Crippen LogP contribution in [0.15, 0.2) is 77.7 Å². The van der Waals surface area contributed by atoms with Crippen LogP contribution in [0.4, 0.5) is 18.9 Å². The van der Waals surface area contributed by atoms with Crippen molar-refractivity contribution in [3.8, 4) is 5.75 Å². The number of aryl methyl sites for hydroxylation is 1. The first kappa shape index (κ1) is 31.5. The number of rotatable bonds is 11. The molecule has 1 atom stereocenters. The summed E-state index contributed by atoms with van der Waals surface area (Å²) in [7, 11) is -3.00. The van der Waals surface area contributed by atoms with Gasteiger partial charge < -0.3 is 15.0 Å². The van der Waals surface area contributed by atoms with Gasteiger partial charge in [0.25, 0.3) is 10.0 Å². The summed E-state index contributed by atoms with van der Waals surface area (Å²) in [4.78, 5) is 27.6. The molecule has 0 aliphatic heterocycles. The number of halogens is 3. The Morgan fingerprint density at radius 2 is 1.63 bits per heavy atom. The van der Waals surface area contributed by atoms with E-state index in [0.29, 0.717) is 28.2 Å². The topological polar surface area (TPSA) is 96.0 Å². The predicted octanol–water partition coefficient (Wildman–Crippen LogP) is 4.77. The van der Waals surface area contributed by atoms with Gasteiger partial charge in [-0.2, -0.15) is 13.2 Å². The SMILES string of the molecule is CCNC(=O)[C@H](C)N(Cc1ccc(OC)cc1)C(=O)CN(c1cccc(C(F)(F)F)c1)S(=O)(=O)c1ccc(C)cc1. The van der Waals surface area contributed by atoms with E-state index in [1.165, 1.54) is 37.1 Å². The van der Waals surface area contributed by atoms with Gasteiger partial charge in [0, 0.05) is 13.1 Å². The number of anilines is 1. The third-order valence-electron chi connectivity index (χ3n) is 6.38. The van der Waals surface area contributed by atoms with E-state index in [9.17, 15) is 31.2 Å². The fourth-order valence-electron chi connectivity index (χ4n) is 4.04. The number of nitrogens with one attached hydrogen (secondary N) is 1. The lowest BCUT2D eigenvalue weighted by Gasteiger charge is -2.32. The quantitative estimate of drug-likeness (QED) is 0.347. The van der Waals surface area contributed by atoms with E-state index in [2.05, 4.69) is 5.32 Å². The highest BCUT2D eigenvalue weighted by Gasteiger charge is 2.35. The number of likely N-dealkylation sites (N-methyl/N-ethyl adjacent to an activating group) is 1. The number of nitrogens with zero attached hydrogens (tertiary/aromatic N) is 2. The second kappa shape index (κ2) is 13.1. The van der Waals surface area contributed by atoms with Crippen LogP contribution in [0.2, 0.25) is 0 Å². The molecule has 3 rings (SSSR count). The van der Waals surface area contributed by atoms with Crippen LogP contribution in [0.25, 0.3) is 0 Å².